The van der Waals surface area contributed by atoms with Gasteiger partial charge in [0.2, 0.25) is 7.26 Å². The number of rotatable bonds is 7. The first kappa shape index (κ1) is 21.6. The molecule has 0 aliphatic heterocycles. The Morgan fingerprint density at radius 1 is 0.613 bits per heavy atom. The lowest BCUT2D eigenvalue weighted by atomic mass is 10.4. The monoisotopic (exact) mass is 538 g/mol. The summed E-state index contributed by atoms with van der Waals surface area (Å²) in [4.78, 5) is 0. The fourth-order valence-corrected chi connectivity index (χ4v) is 13.7. The molecule has 0 bridgehead atoms. The van der Waals surface area contributed by atoms with Gasteiger partial charge in [0.1, 0.15) is 15.9 Å². The van der Waals surface area contributed by atoms with Crippen LogP contribution in [0.5, 0.6) is 0 Å². The minimum absolute atomic E-state index is 0.0431. The fourth-order valence-electron chi connectivity index (χ4n) is 3.65. The van der Waals surface area contributed by atoms with E-state index in [1.165, 1.54) is 19.5 Å². The molecule has 0 aliphatic rings. The molecule has 2 nitrogen and oxygen atoms in total. The molecule has 0 aromatic heterocycles. The van der Waals surface area contributed by atoms with E-state index in [0.717, 1.165) is 3.32 Å². The Kier molecular flexibility index (Phi) is 7.06. The Morgan fingerprint density at radius 3 is 1.32 bits per heavy atom. The topological polar surface area (TPSA) is 29.5 Å². The minimum atomic E-state index is -2.35. The van der Waals surface area contributed by atoms with Crippen LogP contribution in [0.4, 0.5) is 0 Å². The van der Waals surface area contributed by atoms with Gasteiger partial charge in [-0.15, -0.1) is 0 Å². The van der Waals surface area contributed by atoms with Crippen molar-refractivity contribution in [1.29, 1.82) is 0 Å². The normalized spacial score (nSPS) is 12.2. The molecule has 0 amide bonds. The Bertz CT molecular complexity index is 1030. The van der Waals surface area contributed by atoms with Crippen molar-refractivity contribution < 1.29 is 31.0 Å². The second-order valence-electron chi connectivity index (χ2n) is 6.87. The van der Waals surface area contributed by atoms with Crippen LogP contribution in [0.1, 0.15) is 0 Å². The van der Waals surface area contributed by atoms with Gasteiger partial charge < -0.3 is 9.84 Å². The first-order valence-corrected chi connectivity index (χ1v) is 13.9. The van der Waals surface area contributed by atoms with Crippen molar-refractivity contribution in [1.82, 2.24) is 0 Å². The molecule has 0 unspecified atom stereocenters. The lowest BCUT2D eigenvalue weighted by molar-refractivity contribution is -0.568. The van der Waals surface area contributed by atoms with Gasteiger partial charge in [-0.1, -0.05) is 72.8 Å². The van der Waals surface area contributed by atoms with Gasteiger partial charge in [-0.3, -0.25) is 0 Å². The summed E-state index contributed by atoms with van der Waals surface area (Å²) in [5.41, 5.74) is 0. The van der Waals surface area contributed by atoms with E-state index in [2.05, 4.69) is 97.1 Å². The summed E-state index contributed by atoms with van der Waals surface area (Å²) in [6, 6.07) is 42.2. The summed E-state index contributed by atoms with van der Waals surface area (Å²) in [7, 11) is -0.793. The standard InChI is InChI=1S/C27H23IO2P/c1-30-27(29)26(28-22-14-6-2-7-15-22)31(23-16-8-3-9-17-23,24-18-10-4-11-19-24)25-20-12-5-13-21-25/h2-21H,1H3/q+1/p+1/b27-26+. The molecule has 0 spiro atoms. The van der Waals surface area contributed by atoms with Gasteiger partial charge in [0, 0.05) is 0 Å². The molecule has 4 heteroatoms. The van der Waals surface area contributed by atoms with Crippen LogP contribution in [-0.4, -0.2) is 12.2 Å². The number of hydrogen-bond donors (Lipinski definition) is 1. The van der Waals surface area contributed by atoms with Crippen LogP contribution in [0.3, 0.4) is 0 Å². The fraction of sp³-hybridized carbons (Fsp3) is 0.0370. The number of aliphatic hydroxyl groups excluding tert-OH is 1. The maximum atomic E-state index is 11.2. The van der Waals surface area contributed by atoms with Crippen LogP contribution >= 0.6 is 7.26 Å². The largest absolute Gasteiger partial charge is 0.475 e. The number of methoxy groups -OCH3 is 1. The molecule has 0 saturated carbocycles. The van der Waals surface area contributed by atoms with Gasteiger partial charge in [0.25, 0.3) is 0 Å². The van der Waals surface area contributed by atoms with Gasteiger partial charge in [-0.05, 0) is 48.5 Å². The molecule has 31 heavy (non-hydrogen) atoms. The smallest absolute Gasteiger partial charge is 0.408 e. The third-order valence-electron chi connectivity index (χ3n) is 5.03. The van der Waals surface area contributed by atoms with E-state index in [0.29, 0.717) is 0 Å². The van der Waals surface area contributed by atoms with Gasteiger partial charge in [-0.25, -0.2) is 0 Å². The number of aliphatic hydroxyl groups is 1. The summed E-state index contributed by atoms with van der Waals surface area (Å²) in [5.74, 6) is 0.0431. The molecule has 0 saturated heterocycles. The first-order chi connectivity index (χ1) is 15.3. The molecule has 1 N–H and O–H groups in total. The summed E-state index contributed by atoms with van der Waals surface area (Å²) < 4.78 is 7.81. The lowest BCUT2D eigenvalue weighted by Gasteiger charge is -2.23. The second-order valence-corrected chi connectivity index (χ2v) is 13.9. The predicted octanol–water partition coefficient (Wildman–Crippen LogP) is 2.27. The van der Waals surface area contributed by atoms with Crippen LogP contribution in [0, 0.1) is 3.57 Å². The molecular weight excluding hydrogens is 514 g/mol. The Balaban J connectivity index is 2.10. The maximum Gasteiger partial charge on any atom is 0.408 e. The van der Waals surface area contributed by atoms with Gasteiger partial charge in [0.05, 0.1) is 7.11 Å². The highest BCUT2D eigenvalue weighted by molar-refractivity contribution is 7.98. The summed E-state index contributed by atoms with van der Waals surface area (Å²) in [6.07, 6.45) is 0. The molecular formula is C27H24IO2P+2. The van der Waals surface area contributed by atoms with Crippen molar-refractivity contribution in [2.45, 2.75) is 0 Å². The zero-order chi connectivity index (χ0) is 21.5. The molecule has 4 aromatic rings. The maximum absolute atomic E-state index is 11.2. The van der Waals surface area contributed by atoms with E-state index >= 15 is 0 Å². The van der Waals surface area contributed by atoms with Crippen molar-refractivity contribution in [3.05, 3.63) is 134 Å². The average Bonchev–Trinajstić information content (AvgIpc) is 2.86. The van der Waals surface area contributed by atoms with Crippen molar-refractivity contribution in [3.63, 3.8) is 0 Å². The SMILES string of the molecule is CO/C(O)=C(\[I+]c1ccccc1)[P+](c1ccccc1)(c1ccccc1)c1ccccc1. The highest BCUT2D eigenvalue weighted by atomic mass is 127. The predicted molar refractivity (Wildman–Crippen MR) is 127 cm³/mol. The number of halogens is 1. The third kappa shape index (κ3) is 4.39. The van der Waals surface area contributed by atoms with E-state index in [1.54, 1.807) is 7.11 Å². The van der Waals surface area contributed by atoms with E-state index < -0.39 is 28.5 Å². The molecule has 154 valence electrons. The van der Waals surface area contributed by atoms with Crippen LogP contribution in [0.15, 0.2) is 131 Å². The summed E-state index contributed by atoms with van der Waals surface area (Å²) >= 11 is -0.699. The van der Waals surface area contributed by atoms with Crippen LogP contribution < -0.4 is 37.1 Å². The Morgan fingerprint density at radius 2 is 0.968 bits per heavy atom. The zero-order valence-corrected chi connectivity index (χ0v) is 20.3. The highest BCUT2D eigenvalue weighted by Gasteiger charge is 2.60. The molecule has 4 aromatic carbocycles. The van der Waals surface area contributed by atoms with E-state index in [9.17, 15) is 5.11 Å². The van der Waals surface area contributed by atoms with Crippen LogP contribution in [0.25, 0.3) is 0 Å². The minimum Gasteiger partial charge on any atom is -0.475 e. The molecule has 0 heterocycles. The van der Waals surface area contributed by atoms with Crippen molar-refractivity contribution >= 4 is 23.2 Å². The number of ether oxygens (including phenoxy) is 1. The Hall–Kier alpha value is -2.62. The van der Waals surface area contributed by atoms with Gasteiger partial charge in [0.15, 0.2) is 3.57 Å². The quantitative estimate of drug-likeness (QED) is 0.223. The van der Waals surface area contributed by atoms with E-state index in [-0.39, 0.29) is 5.95 Å². The first-order valence-electron chi connectivity index (χ1n) is 10.0. The highest BCUT2D eigenvalue weighted by Crippen LogP contribution is 2.59. The average molecular weight is 538 g/mol. The lowest BCUT2D eigenvalue weighted by Crippen LogP contribution is -3.61. The zero-order valence-electron chi connectivity index (χ0n) is 17.2. The molecule has 0 radical (unpaired) electrons. The van der Waals surface area contributed by atoms with Crippen molar-refractivity contribution in [3.8, 4) is 0 Å². The Labute approximate surface area is 194 Å². The molecule has 0 aliphatic carbocycles. The molecule has 0 atom stereocenters. The number of hydrogen-bond acceptors (Lipinski definition) is 2. The van der Waals surface area contributed by atoms with Crippen molar-refractivity contribution in [2.24, 2.45) is 0 Å². The van der Waals surface area contributed by atoms with E-state index in [1.807, 2.05) is 24.3 Å². The third-order valence-corrected chi connectivity index (χ3v) is 14.1. The second kappa shape index (κ2) is 10.1. The number of benzene rings is 4. The van der Waals surface area contributed by atoms with Crippen LogP contribution in [0.2, 0.25) is 0 Å². The van der Waals surface area contributed by atoms with Crippen LogP contribution in [-0.2, 0) is 4.74 Å². The molecule has 4 rings (SSSR count). The van der Waals surface area contributed by atoms with Crippen molar-refractivity contribution in [2.75, 3.05) is 7.11 Å². The summed E-state index contributed by atoms with van der Waals surface area (Å²) in [6.45, 7) is 0. The summed E-state index contributed by atoms with van der Waals surface area (Å²) in [5, 5.41) is 14.8. The van der Waals surface area contributed by atoms with Gasteiger partial charge in [-0.2, -0.15) is 0 Å². The van der Waals surface area contributed by atoms with Gasteiger partial charge >= 0.3 is 30.5 Å². The molecule has 0 fully saturated rings. The van der Waals surface area contributed by atoms with E-state index in [4.69, 9.17) is 4.74 Å².